The van der Waals surface area contributed by atoms with Gasteiger partial charge in [0.15, 0.2) is 0 Å². The molecule has 1 heterocycles. The molecule has 6 nitrogen and oxygen atoms in total. The third-order valence-electron chi connectivity index (χ3n) is 2.33. The summed E-state index contributed by atoms with van der Waals surface area (Å²) < 4.78 is 5.47. The maximum absolute atomic E-state index is 11.0. The maximum atomic E-state index is 11.0. The van der Waals surface area contributed by atoms with E-state index in [1.54, 1.807) is 7.05 Å². The summed E-state index contributed by atoms with van der Waals surface area (Å²) in [7, 11) is 1.59. The number of hydrogen-bond donors (Lipinski definition) is 2. The molecule has 0 saturated carbocycles. The van der Waals surface area contributed by atoms with E-state index in [4.69, 9.17) is 4.42 Å². The molecule has 0 atom stereocenters. The number of nitrogens with one attached hydrogen (secondary N) is 2. The van der Waals surface area contributed by atoms with Crippen LogP contribution in [-0.2, 0) is 11.3 Å². The van der Waals surface area contributed by atoms with Crippen molar-refractivity contribution in [3.8, 4) is 11.5 Å². The Bertz CT molecular complexity index is 510. The van der Waals surface area contributed by atoms with Crippen LogP contribution in [-0.4, -0.2) is 29.7 Å². The molecule has 0 aliphatic heterocycles. The van der Waals surface area contributed by atoms with Crippen molar-refractivity contribution in [2.75, 3.05) is 13.6 Å². The molecule has 6 heteroatoms. The summed E-state index contributed by atoms with van der Waals surface area (Å²) >= 11 is 0. The molecule has 1 aromatic carbocycles. The van der Waals surface area contributed by atoms with Crippen molar-refractivity contribution in [1.29, 1.82) is 0 Å². The lowest BCUT2D eigenvalue weighted by Gasteiger charge is -1.99. The van der Waals surface area contributed by atoms with E-state index in [0.717, 1.165) is 5.56 Å². The molecule has 2 aromatic rings. The summed E-state index contributed by atoms with van der Waals surface area (Å²) in [5.41, 5.74) is 0.877. The van der Waals surface area contributed by atoms with Gasteiger partial charge in [-0.3, -0.25) is 10.1 Å². The Kier molecular flexibility index (Phi) is 4.03. The molecule has 0 aliphatic carbocycles. The highest BCUT2D eigenvalue weighted by Gasteiger charge is 2.07. The Morgan fingerprint density at radius 1 is 1.28 bits per heavy atom. The normalized spacial score (nSPS) is 10.3. The molecule has 0 bridgehead atoms. The molecular weight excluding hydrogens is 232 g/mol. The number of nitrogens with zero attached hydrogens (tertiary/aromatic N) is 2. The van der Waals surface area contributed by atoms with Crippen molar-refractivity contribution in [1.82, 2.24) is 20.8 Å². The quantitative estimate of drug-likeness (QED) is 0.806. The van der Waals surface area contributed by atoms with Crippen LogP contribution in [0.2, 0.25) is 0 Å². The average molecular weight is 246 g/mol. The van der Waals surface area contributed by atoms with E-state index in [1.807, 2.05) is 30.3 Å². The largest absolute Gasteiger partial charge is 0.419 e. The first-order chi connectivity index (χ1) is 8.79. The van der Waals surface area contributed by atoms with Gasteiger partial charge in [-0.05, 0) is 12.1 Å². The Hall–Kier alpha value is -2.21. The van der Waals surface area contributed by atoms with E-state index in [2.05, 4.69) is 20.8 Å². The molecule has 1 aromatic heterocycles. The number of amides is 1. The van der Waals surface area contributed by atoms with Crippen LogP contribution in [0, 0.1) is 0 Å². The molecule has 0 radical (unpaired) electrons. The van der Waals surface area contributed by atoms with Crippen molar-refractivity contribution < 1.29 is 9.21 Å². The smallest absolute Gasteiger partial charge is 0.247 e. The van der Waals surface area contributed by atoms with Crippen LogP contribution >= 0.6 is 0 Å². The molecule has 0 spiro atoms. The fourth-order valence-electron chi connectivity index (χ4n) is 1.39. The van der Waals surface area contributed by atoms with Gasteiger partial charge in [0.2, 0.25) is 17.7 Å². The number of rotatable bonds is 5. The summed E-state index contributed by atoms with van der Waals surface area (Å²) in [5, 5.41) is 13.3. The van der Waals surface area contributed by atoms with Crippen LogP contribution in [0.1, 0.15) is 5.89 Å². The monoisotopic (exact) mass is 246 g/mol. The zero-order chi connectivity index (χ0) is 12.8. The summed E-state index contributed by atoms with van der Waals surface area (Å²) in [6.45, 7) is 0.590. The van der Waals surface area contributed by atoms with E-state index < -0.39 is 0 Å². The first kappa shape index (κ1) is 12.3. The number of benzene rings is 1. The number of hydrogen-bond acceptors (Lipinski definition) is 5. The molecule has 0 saturated heterocycles. The van der Waals surface area contributed by atoms with Gasteiger partial charge < -0.3 is 9.73 Å². The Morgan fingerprint density at radius 3 is 2.78 bits per heavy atom. The second kappa shape index (κ2) is 5.92. The van der Waals surface area contributed by atoms with Gasteiger partial charge in [-0.2, -0.15) is 0 Å². The summed E-state index contributed by atoms with van der Waals surface area (Å²) in [6, 6.07) is 9.53. The third-order valence-corrected chi connectivity index (χ3v) is 2.33. The summed E-state index contributed by atoms with van der Waals surface area (Å²) in [5.74, 6) is 0.850. The minimum absolute atomic E-state index is 0.0854. The van der Waals surface area contributed by atoms with Crippen molar-refractivity contribution >= 4 is 5.91 Å². The van der Waals surface area contributed by atoms with Crippen molar-refractivity contribution in [3.05, 3.63) is 36.2 Å². The second-order valence-electron chi connectivity index (χ2n) is 3.64. The molecule has 94 valence electrons. The predicted octanol–water partition coefficient (Wildman–Crippen LogP) is 0.572. The highest BCUT2D eigenvalue weighted by atomic mass is 16.4. The molecule has 0 aliphatic rings. The highest BCUT2D eigenvalue weighted by molar-refractivity contribution is 5.77. The van der Waals surface area contributed by atoms with Crippen LogP contribution in [0.5, 0.6) is 0 Å². The van der Waals surface area contributed by atoms with Crippen LogP contribution in [0.25, 0.3) is 11.5 Å². The van der Waals surface area contributed by atoms with Gasteiger partial charge in [-0.1, -0.05) is 18.2 Å². The fourth-order valence-corrected chi connectivity index (χ4v) is 1.39. The van der Waals surface area contributed by atoms with Gasteiger partial charge in [0, 0.05) is 12.6 Å². The van der Waals surface area contributed by atoms with Gasteiger partial charge in [-0.25, -0.2) is 0 Å². The topological polar surface area (TPSA) is 80.0 Å². The lowest BCUT2D eigenvalue weighted by Crippen LogP contribution is -2.31. The number of carbonyl (C=O) groups excluding carboxylic acids is 1. The average Bonchev–Trinajstić information content (AvgIpc) is 2.88. The standard InChI is InChI=1S/C12H14N4O2/c1-13-10(17)7-14-8-11-15-16-12(18-11)9-5-3-2-4-6-9/h2-6,14H,7-8H2,1H3,(H,13,17). The van der Waals surface area contributed by atoms with Gasteiger partial charge in [-0.15, -0.1) is 10.2 Å². The van der Waals surface area contributed by atoms with Crippen LogP contribution < -0.4 is 10.6 Å². The van der Waals surface area contributed by atoms with E-state index in [0.29, 0.717) is 18.3 Å². The lowest BCUT2D eigenvalue weighted by atomic mass is 10.2. The number of aromatic nitrogens is 2. The first-order valence-electron chi connectivity index (χ1n) is 5.58. The minimum atomic E-state index is -0.0854. The third kappa shape index (κ3) is 3.14. The van der Waals surface area contributed by atoms with E-state index in [-0.39, 0.29) is 12.5 Å². The number of likely N-dealkylation sites (N-methyl/N-ethyl adjacent to an activating group) is 1. The molecule has 0 unspecified atom stereocenters. The molecule has 0 fully saturated rings. The SMILES string of the molecule is CNC(=O)CNCc1nnc(-c2ccccc2)o1. The molecular formula is C12H14N4O2. The zero-order valence-corrected chi connectivity index (χ0v) is 10.0. The second-order valence-corrected chi connectivity index (χ2v) is 3.64. The number of carbonyl (C=O) groups is 1. The van der Waals surface area contributed by atoms with Crippen molar-refractivity contribution in [3.63, 3.8) is 0 Å². The van der Waals surface area contributed by atoms with E-state index in [1.165, 1.54) is 0 Å². The van der Waals surface area contributed by atoms with Crippen LogP contribution in [0.15, 0.2) is 34.7 Å². The predicted molar refractivity (Wildman–Crippen MR) is 65.5 cm³/mol. The van der Waals surface area contributed by atoms with Crippen LogP contribution in [0.4, 0.5) is 0 Å². The van der Waals surface area contributed by atoms with E-state index >= 15 is 0 Å². The van der Waals surface area contributed by atoms with Gasteiger partial charge in [0.05, 0.1) is 13.1 Å². The lowest BCUT2D eigenvalue weighted by molar-refractivity contribution is -0.119. The minimum Gasteiger partial charge on any atom is -0.419 e. The Balaban J connectivity index is 1.93. The molecule has 2 N–H and O–H groups in total. The zero-order valence-electron chi connectivity index (χ0n) is 10.0. The molecule has 1 amide bonds. The highest BCUT2D eigenvalue weighted by Crippen LogP contribution is 2.16. The van der Waals surface area contributed by atoms with Crippen molar-refractivity contribution in [2.45, 2.75) is 6.54 Å². The molecule has 2 rings (SSSR count). The van der Waals surface area contributed by atoms with Crippen molar-refractivity contribution in [2.24, 2.45) is 0 Å². The van der Waals surface area contributed by atoms with E-state index in [9.17, 15) is 4.79 Å². The summed E-state index contributed by atoms with van der Waals surface area (Å²) in [4.78, 5) is 11.0. The summed E-state index contributed by atoms with van der Waals surface area (Å²) in [6.07, 6.45) is 0. The Morgan fingerprint density at radius 2 is 2.06 bits per heavy atom. The van der Waals surface area contributed by atoms with Gasteiger partial charge in [0.25, 0.3) is 0 Å². The van der Waals surface area contributed by atoms with Crippen LogP contribution in [0.3, 0.4) is 0 Å². The fraction of sp³-hybridized carbons (Fsp3) is 0.250. The first-order valence-corrected chi connectivity index (χ1v) is 5.58. The molecule has 18 heavy (non-hydrogen) atoms. The van der Waals surface area contributed by atoms with Gasteiger partial charge >= 0.3 is 0 Å². The maximum Gasteiger partial charge on any atom is 0.247 e. The van der Waals surface area contributed by atoms with Gasteiger partial charge in [0.1, 0.15) is 0 Å². The Labute approximate surface area is 104 Å².